The quantitative estimate of drug-likeness (QED) is 0.519. The third-order valence-corrected chi connectivity index (χ3v) is 9.83. The van der Waals surface area contributed by atoms with Crippen LogP contribution in [0.1, 0.15) is 91.9 Å². The van der Waals surface area contributed by atoms with Gasteiger partial charge >= 0.3 is 0 Å². The number of ketones is 1. The highest BCUT2D eigenvalue weighted by Gasteiger charge is 2.56. The average Bonchev–Trinajstić information content (AvgIpc) is 3.05. The molecule has 0 aliphatic heterocycles. The molecule has 7 unspecified atom stereocenters. The average molecular weight is 399 g/mol. The zero-order chi connectivity index (χ0) is 20.8. The molecule has 4 aliphatic carbocycles. The molecule has 4 rings (SSSR count). The zero-order valence-electron chi connectivity index (χ0n) is 19.2. The molecule has 7 atom stereocenters. The van der Waals surface area contributed by atoms with E-state index in [2.05, 4.69) is 33.8 Å². The van der Waals surface area contributed by atoms with E-state index in [0.29, 0.717) is 29.6 Å². The summed E-state index contributed by atoms with van der Waals surface area (Å²) >= 11 is 0. The lowest BCUT2D eigenvalue weighted by molar-refractivity contribution is -0.116. The van der Waals surface area contributed by atoms with E-state index in [4.69, 9.17) is 0 Å². The van der Waals surface area contributed by atoms with Crippen LogP contribution in [0.2, 0.25) is 0 Å². The van der Waals surface area contributed by atoms with Crippen LogP contribution in [0.25, 0.3) is 0 Å². The number of fused-ring (bicyclic) bond motifs is 5. The number of carbonyl (C=O) groups excluding carboxylic acids is 1. The number of rotatable bonds is 6. The van der Waals surface area contributed by atoms with E-state index in [1.807, 2.05) is 6.08 Å². The summed E-state index contributed by atoms with van der Waals surface area (Å²) in [5, 5.41) is 9.31. The van der Waals surface area contributed by atoms with E-state index in [1.54, 1.807) is 5.57 Å². The Morgan fingerprint density at radius 3 is 2.66 bits per heavy atom. The normalized spacial score (nSPS) is 41.0. The molecule has 4 aliphatic rings. The van der Waals surface area contributed by atoms with E-state index in [9.17, 15) is 9.90 Å². The van der Waals surface area contributed by atoms with Crippen LogP contribution in [-0.2, 0) is 4.79 Å². The molecule has 0 aromatic carbocycles. The van der Waals surface area contributed by atoms with Crippen LogP contribution in [0.4, 0.5) is 0 Å². The number of allylic oxidation sites excluding steroid dienone is 4. The Balaban J connectivity index is 1.50. The number of aliphatic hydroxyl groups excluding tert-OH is 1. The summed E-state index contributed by atoms with van der Waals surface area (Å²) in [6.45, 7) is 10.1. The Hall–Kier alpha value is -0.890. The van der Waals surface area contributed by atoms with Crippen molar-refractivity contribution in [1.29, 1.82) is 0 Å². The minimum atomic E-state index is 0.240. The van der Waals surface area contributed by atoms with Gasteiger partial charge in [0, 0.05) is 13.0 Å². The van der Waals surface area contributed by atoms with Gasteiger partial charge in [-0.25, -0.2) is 0 Å². The van der Waals surface area contributed by atoms with Crippen molar-refractivity contribution in [2.45, 2.75) is 91.9 Å². The first kappa shape index (κ1) is 21.3. The lowest BCUT2D eigenvalue weighted by Gasteiger charge is -2.55. The van der Waals surface area contributed by atoms with E-state index in [-0.39, 0.29) is 5.41 Å². The molecule has 0 spiro atoms. The van der Waals surface area contributed by atoms with E-state index >= 15 is 0 Å². The molecule has 2 nitrogen and oxygen atoms in total. The van der Waals surface area contributed by atoms with Crippen molar-refractivity contribution in [2.24, 2.45) is 40.4 Å². The van der Waals surface area contributed by atoms with Crippen LogP contribution in [-0.4, -0.2) is 17.5 Å². The Labute approximate surface area is 178 Å². The summed E-state index contributed by atoms with van der Waals surface area (Å²) in [6, 6.07) is 0. The molecule has 162 valence electrons. The molecule has 29 heavy (non-hydrogen) atoms. The fraction of sp³-hybridized carbons (Fsp3) is 0.815. The maximum absolute atomic E-state index is 12.0. The number of carbonyl (C=O) groups is 1. The van der Waals surface area contributed by atoms with Crippen LogP contribution in [0.3, 0.4) is 0 Å². The predicted molar refractivity (Wildman–Crippen MR) is 119 cm³/mol. The minimum absolute atomic E-state index is 0.240. The van der Waals surface area contributed by atoms with Crippen molar-refractivity contribution >= 4 is 5.78 Å². The van der Waals surface area contributed by atoms with Crippen molar-refractivity contribution < 1.29 is 9.90 Å². The third-order valence-electron chi connectivity index (χ3n) is 9.83. The summed E-state index contributed by atoms with van der Waals surface area (Å²) < 4.78 is 0. The van der Waals surface area contributed by atoms with Crippen molar-refractivity contribution in [3.63, 3.8) is 0 Å². The molecule has 1 N–H and O–H groups in total. The highest BCUT2D eigenvalue weighted by molar-refractivity contribution is 5.91. The molecular weight excluding hydrogens is 356 g/mol. The molecule has 2 heteroatoms. The second-order valence-corrected chi connectivity index (χ2v) is 11.5. The van der Waals surface area contributed by atoms with Crippen LogP contribution in [0.15, 0.2) is 23.3 Å². The molecule has 2 fully saturated rings. The number of hydrogen-bond donors (Lipinski definition) is 1. The van der Waals surface area contributed by atoms with E-state index in [1.165, 1.54) is 44.1 Å². The van der Waals surface area contributed by atoms with Crippen molar-refractivity contribution in [3.8, 4) is 0 Å². The van der Waals surface area contributed by atoms with Gasteiger partial charge in [0.15, 0.2) is 5.78 Å². The van der Waals surface area contributed by atoms with Gasteiger partial charge in [0.05, 0.1) is 0 Å². The Morgan fingerprint density at radius 2 is 1.90 bits per heavy atom. The van der Waals surface area contributed by atoms with Crippen LogP contribution < -0.4 is 0 Å². The Bertz CT molecular complexity index is 703. The van der Waals surface area contributed by atoms with E-state index in [0.717, 1.165) is 43.4 Å². The van der Waals surface area contributed by atoms with Gasteiger partial charge in [-0.15, -0.1) is 0 Å². The zero-order valence-corrected chi connectivity index (χ0v) is 19.2. The summed E-state index contributed by atoms with van der Waals surface area (Å²) in [7, 11) is 0. The van der Waals surface area contributed by atoms with Crippen LogP contribution >= 0.6 is 0 Å². The van der Waals surface area contributed by atoms with Gasteiger partial charge in [0.25, 0.3) is 0 Å². The van der Waals surface area contributed by atoms with Crippen molar-refractivity contribution in [1.82, 2.24) is 0 Å². The largest absolute Gasteiger partial charge is 0.396 e. The lowest BCUT2D eigenvalue weighted by atomic mass is 9.50. The highest BCUT2D eigenvalue weighted by Crippen LogP contribution is 2.66. The van der Waals surface area contributed by atoms with Crippen molar-refractivity contribution in [3.05, 3.63) is 23.3 Å². The fourth-order valence-corrected chi connectivity index (χ4v) is 7.91. The predicted octanol–water partition coefficient (Wildman–Crippen LogP) is 6.49. The maximum atomic E-state index is 12.0. The fourth-order valence-electron chi connectivity index (χ4n) is 7.91. The second-order valence-electron chi connectivity index (χ2n) is 11.5. The first-order valence-electron chi connectivity index (χ1n) is 12.3. The molecule has 0 amide bonds. The SMILES string of the molecule is CC(CO)CCCC(C)C1CCC2C3=CCC4=CC(=O)CCC4(C)C3CCC21C. The van der Waals surface area contributed by atoms with Gasteiger partial charge in [-0.1, -0.05) is 57.8 Å². The van der Waals surface area contributed by atoms with Crippen molar-refractivity contribution in [2.75, 3.05) is 6.61 Å². The summed E-state index contributed by atoms with van der Waals surface area (Å²) in [6.07, 6.45) is 16.5. The first-order valence-corrected chi connectivity index (χ1v) is 12.3. The topological polar surface area (TPSA) is 37.3 Å². The van der Waals surface area contributed by atoms with Gasteiger partial charge in [-0.3, -0.25) is 4.79 Å². The summed E-state index contributed by atoms with van der Waals surface area (Å²) in [5.41, 5.74) is 3.90. The Morgan fingerprint density at radius 1 is 1.10 bits per heavy atom. The highest BCUT2D eigenvalue weighted by atomic mass is 16.3. The Kier molecular flexibility index (Phi) is 5.88. The minimum Gasteiger partial charge on any atom is -0.396 e. The molecule has 0 radical (unpaired) electrons. The summed E-state index contributed by atoms with van der Waals surface area (Å²) in [5.74, 6) is 3.86. The smallest absolute Gasteiger partial charge is 0.155 e. The van der Waals surface area contributed by atoms with Gasteiger partial charge in [0.2, 0.25) is 0 Å². The van der Waals surface area contributed by atoms with Gasteiger partial charge in [-0.05, 0) is 91.4 Å². The molecule has 0 heterocycles. The van der Waals surface area contributed by atoms with E-state index < -0.39 is 0 Å². The molecule has 0 aromatic rings. The second kappa shape index (κ2) is 7.98. The summed E-state index contributed by atoms with van der Waals surface area (Å²) in [4.78, 5) is 12.0. The standard InChI is InChI=1S/C27H42O2/c1-18(17-28)6-5-7-19(2)23-10-11-24-22-9-8-20-16-21(29)12-14-26(20,3)25(22)13-15-27(23,24)4/h9,16,18-19,23-25,28H,5-8,10-15,17H2,1-4H3. The third kappa shape index (κ3) is 3.58. The molecule has 0 bridgehead atoms. The molecule has 2 saturated carbocycles. The van der Waals surface area contributed by atoms with Gasteiger partial charge in [0.1, 0.15) is 0 Å². The first-order chi connectivity index (χ1) is 13.8. The van der Waals surface area contributed by atoms with Gasteiger partial charge in [-0.2, -0.15) is 0 Å². The lowest BCUT2D eigenvalue weighted by Crippen LogP contribution is -2.46. The monoisotopic (exact) mass is 398 g/mol. The van der Waals surface area contributed by atoms with Crippen LogP contribution in [0, 0.1) is 40.4 Å². The van der Waals surface area contributed by atoms with Crippen LogP contribution in [0.5, 0.6) is 0 Å². The molecular formula is C27H42O2. The van der Waals surface area contributed by atoms with Gasteiger partial charge < -0.3 is 5.11 Å². The molecule has 0 saturated heterocycles. The number of hydrogen-bond acceptors (Lipinski definition) is 2. The molecule has 0 aromatic heterocycles. The maximum Gasteiger partial charge on any atom is 0.155 e. The number of aliphatic hydroxyl groups is 1.